The van der Waals surface area contributed by atoms with E-state index in [4.69, 9.17) is 4.74 Å². The fourth-order valence-corrected chi connectivity index (χ4v) is 3.37. The van der Waals surface area contributed by atoms with Gasteiger partial charge in [0.2, 0.25) is 0 Å². The summed E-state index contributed by atoms with van der Waals surface area (Å²) in [5.41, 5.74) is 2.58. The lowest BCUT2D eigenvalue weighted by Gasteiger charge is -2.06. The summed E-state index contributed by atoms with van der Waals surface area (Å²) in [6.45, 7) is 0.615. The van der Waals surface area contributed by atoms with Crippen LogP contribution in [-0.4, -0.2) is 13.7 Å². The van der Waals surface area contributed by atoms with Crippen molar-refractivity contribution in [1.29, 1.82) is 0 Å². The molecule has 4 rings (SSSR count). The van der Waals surface area contributed by atoms with Crippen LogP contribution in [-0.2, 0) is 11.2 Å². The second kappa shape index (κ2) is 9.07. The van der Waals surface area contributed by atoms with E-state index in [1.165, 1.54) is 24.3 Å². The van der Waals surface area contributed by atoms with Crippen LogP contribution in [0.4, 0.5) is 13.2 Å². The quantitative estimate of drug-likeness (QED) is 0.345. The highest BCUT2D eigenvalue weighted by molar-refractivity contribution is 5.84. The molecule has 4 heteroatoms. The molecule has 0 saturated carbocycles. The van der Waals surface area contributed by atoms with Gasteiger partial charge in [0.15, 0.2) is 0 Å². The van der Waals surface area contributed by atoms with E-state index in [1.54, 1.807) is 31.4 Å². The zero-order chi connectivity index (χ0) is 21.8. The summed E-state index contributed by atoms with van der Waals surface area (Å²) in [7, 11) is 1.64. The topological polar surface area (TPSA) is 9.23 Å². The number of fused-ring (bicyclic) bond motifs is 1. The van der Waals surface area contributed by atoms with Gasteiger partial charge in [-0.25, -0.2) is 13.2 Å². The summed E-state index contributed by atoms with van der Waals surface area (Å²) in [5.74, 6) is 3.65. The van der Waals surface area contributed by atoms with Crippen molar-refractivity contribution < 1.29 is 17.9 Å². The summed E-state index contributed by atoms with van der Waals surface area (Å²) in [6.07, 6.45) is 0.776. The smallest absolute Gasteiger partial charge is 0.142 e. The summed E-state index contributed by atoms with van der Waals surface area (Å²) in [6, 6.07) is 19.7. The van der Waals surface area contributed by atoms with Crippen LogP contribution in [0.5, 0.6) is 0 Å². The Kier molecular flexibility index (Phi) is 6.06. The van der Waals surface area contributed by atoms with Crippen LogP contribution in [0.1, 0.15) is 16.7 Å². The predicted molar refractivity (Wildman–Crippen MR) is 117 cm³/mol. The van der Waals surface area contributed by atoms with E-state index in [1.807, 2.05) is 24.3 Å². The molecule has 0 unspecified atom stereocenters. The Morgan fingerprint density at radius 1 is 0.710 bits per heavy atom. The van der Waals surface area contributed by atoms with Gasteiger partial charge in [-0.2, -0.15) is 0 Å². The van der Waals surface area contributed by atoms with Gasteiger partial charge < -0.3 is 4.74 Å². The highest BCUT2D eigenvalue weighted by Crippen LogP contribution is 2.25. The minimum Gasteiger partial charge on any atom is -0.384 e. The fourth-order valence-electron chi connectivity index (χ4n) is 3.37. The summed E-state index contributed by atoms with van der Waals surface area (Å²) in [5, 5.41) is 1.54. The lowest BCUT2D eigenvalue weighted by molar-refractivity contribution is 0.202. The largest absolute Gasteiger partial charge is 0.384 e. The van der Waals surface area contributed by atoms with E-state index < -0.39 is 11.6 Å². The van der Waals surface area contributed by atoms with E-state index in [0.717, 1.165) is 28.3 Å². The molecule has 0 N–H and O–H groups in total. The Bertz CT molecular complexity index is 1270. The first-order valence-electron chi connectivity index (χ1n) is 9.82. The molecule has 0 spiro atoms. The van der Waals surface area contributed by atoms with Gasteiger partial charge in [-0.05, 0) is 70.3 Å². The van der Waals surface area contributed by atoms with Gasteiger partial charge in [0.05, 0.1) is 12.2 Å². The maximum absolute atomic E-state index is 14.6. The van der Waals surface area contributed by atoms with Gasteiger partial charge in [-0.3, -0.25) is 0 Å². The zero-order valence-corrected chi connectivity index (χ0v) is 16.9. The molecule has 0 radical (unpaired) electrons. The number of hydrogen-bond acceptors (Lipinski definition) is 1. The Morgan fingerprint density at radius 3 is 2.10 bits per heavy atom. The molecular formula is C27H19F3O. The maximum Gasteiger partial charge on any atom is 0.142 e. The standard InChI is InChI=1S/C27H19F3O/c1-31-13-12-18-2-6-20(7-3-18)23-16-26(29)25(27(30)17-23)11-5-19-4-8-22-15-24(28)10-9-21(22)14-19/h2-4,6-10,14-17H,12-13H2,1H3. The minimum absolute atomic E-state index is 0.278. The van der Waals surface area contributed by atoms with Crippen molar-refractivity contribution in [2.24, 2.45) is 0 Å². The van der Waals surface area contributed by atoms with Crippen LogP contribution >= 0.6 is 0 Å². The summed E-state index contributed by atoms with van der Waals surface area (Å²) < 4.78 is 47.6. The molecular weight excluding hydrogens is 397 g/mol. The van der Waals surface area contributed by atoms with Crippen molar-refractivity contribution in [1.82, 2.24) is 0 Å². The van der Waals surface area contributed by atoms with E-state index >= 15 is 0 Å². The molecule has 0 bridgehead atoms. The third-order valence-electron chi connectivity index (χ3n) is 5.06. The van der Waals surface area contributed by atoms with Crippen LogP contribution in [0.3, 0.4) is 0 Å². The number of benzene rings is 4. The second-order valence-electron chi connectivity index (χ2n) is 7.21. The molecule has 0 amide bonds. The predicted octanol–water partition coefficient (Wildman–Crippen LogP) is 6.51. The molecule has 31 heavy (non-hydrogen) atoms. The van der Waals surface area contributed by atoms with Crippen molar-refractivity contribution in [3.8, 4) is 23.0 Å². The van der Waals surface area contributed by atoms with E-state index in [-0.39, 0.29) is 11.4 Å². The van der Waals surface area contributed by atoms with Gasteiger partial charge in [0.1, 0.15) is 17.5 Å². The molecule has 1 nitrogen and oxygen atoms in total. The molecule has 0 atom stereocenters. The molecule has 0 saturated heterocycles. The van der Waals surface area contributed by atoms with Gasteiger partial charge in [0, 0.05) is 12.7 Å². The van der Waals surface area contributed by atoms with E-state index in [9.17, 15) is 13.2 Å². The first-order valence-corrected chi connectivity index (χ1v) is 9.82. The van der Waals surface area contributed by atoms with Crippen molar-refractivity contribution in [3.05, 3.63) is 107 Å². The Hall–Kier alpha value is -3.55. The molecule has 0 aliphatic rings. The van der Waals surface area contributed by atoms with Crippen molar-refractivity contribution in [2.75, 3.05) is 13.7 Å². The minimum atomic E-state index is -0.714. The summed E-state index contributed by atoms with van der Waals surface area (Å²) in [4.78, 5) is 0. The molecule has 4 aromatic rings. The van der Waals surface area contributed by atoms with Gasteiger partial charge in [-0.1, -0.05) is 48.2 Å². The van der Waals surface area contributed by atoms with Gasteiger partial charge in [0.25, 0.3) is 0 Å². The lowest BCUT2D eigenvalue weighted by Crippen LogP contribution is -1.95. The normalized spacial score (nSPS) is 10.7. The van der Waals surface area contributed by atoms with E-state index in [2.05, 4.69) is 11.8 Å². The maximum atomic E-state index is 14.6. The fraction of sp³-hybridized carbons (Fsp3) is 0.111. The van der Waals surface area contributed by atoms with Crippen LogP contribution in [0.15, 0.2) is 72.8 Å². The molecule has 0 aliphatic carbocycles. The number of halogens is 3. The second-order valence-corrected chi connectivity index (χ2v) is 7.21. The number of ether oxygens (including phenoxy) is 1. The first-order chi connectivity index (χ1) is 15.0. The van der Waals surface area contributed by atoms with Gasteiger partial charge in [-0.15, -0.1) is 0 Å². The van der Waals surface area contributed by atoms with Crippen LogP contribution in [0.2, 0.25) is 0 Å². The molecule has 0 heterocycles. The monoisotopic (exact) mass is 416 g/mol. The molecule has 0 fully saturated rings. The SMILES string of the molecule is COCCc1ccc(-c2cc(F)c(C#Cc3ccc4cc(F)ccc4c3)c(F)c2)cc1. The average Bonchev–Trinajstić information content (AvgIpc) is 2.77. The zero-order valence-electron chi connectivity index (χ0n) is 16.9. The van der Waals surface area contributed by atoms with Crippen molar-refractivity contribution in [3.63, 3.8) is 0 Å². The molecule has 0 aliphatic heterocycles. The van der Waals surface area contributed by atoms with Crippen LogP contribution in [0, 0.1) is 29.3 Å². The van der Waals surface area contributed by atoms with Crippen molar-refractivity contribution >= 4 is 10.8 Å². The third-order valence-corrected chi connectivity index (χ3v) is 5.06. The van der Waals surface area contributed by atoms with E-state index in [0.29, 0.717) is 17.7 Å². The number of hydrogen-bond donors (Lipinski definition) is 0. The third kappa shape index (κ3) is 4.79. The molecule has 4 aromatic carbocycles. The Labute approximate surface area is 179 Å². The van der Waals surface area contributed by atoms with Crippen LogP contribution < -0.4 is 0 Å². The van der Waals surface area contributed by atoms with Crippen molar-refractivity contribution in [2.45, 2.75) is 6.42 Å². The lowest BCUT2D eigenvalue weighted by atomic mass is 10.0. The average molecular weight is 416 g/mol. The number of rotatable bonds is 4. The van der Waals surface area contributed by atoms with Crippen LogP contribution in [0.25, 0.3) is 21.9 Å². The first kappa shape index (κ1) is 20.7. The Balaban J connectivity index is 1.60. The highest BCUT2D eigenvalue weighted by Gasteiger charge is 2.11. The van der Waals surface area contributed by atoms with Gasteiger partial charge >= 0.3 is 0 Å². The molecule has 154 valence electrons. The molecule has 0 aromatic heterocycles. The highest BCUT2D eigenvalue weighted by atomic mass is 19.1. The summed E-state index contributed by atoms with van der Waals surface area (Å²) >= 11 is 0. The Morgan fingerprint density at radius 2 is 1.39 bits per heavy atom. The number of methoxy groups -OCH3 is 1.